The Bertz CT molecular complexity index is 263. The number of rotatable bonds is 6. The first-order valence-corrected chi connectivity index (χ1v) is 5.18. The molecule has 0 fully saturated rings. The summed E-state index contributed by atoms with van der Waals surface area (Å²) in [6.45, 7) is 3.09. The molecule has 1 rings (SSSR count). The molecule has 0 atom stereocenters. The Hall–Kier alpha value is -1.12. The Morgan fingerprint density at radius 2 is 2.21 bits per heavy atom. The van der Waals surface area contributed by atoms with Crippen LogP contribution in [0.5, 0.6) is 0 Å². The fourth-order valence-corrected chi connectivity index (χ4v) is 1.30. The summed E-state index contributed by atoms with van der Waals surface area (Å²) in [6, 6.07) is 3.20. The summed E-state index contributed by atoms with van der Waals surface area (Å²) in [5.74, 6) is -0.427. The Balaban J connectivity index is 2.18. The van der Waals surface area contributed by atoms with Gasteiger partial charge in [0.2, 0.25) is 5.95 Å². The number of pyridine rings is 1. The van der Waals surface area contributed by atoms with Crippen molar-refractivity contribution in [2.24, 2.45) is 0 Å². The molecule has 0 radical (unpaired) electrons. The lowest BCUT2D eigenvalue weighted by atomic mass is 10.2. The van der Waals surface area contributed by atoms with E-state index in [9.17, 15) is 4.39 Å². The highest BCUT2D eigenvalue weighted by Crippen LogP contribution is 2.07. The highest BCUT2D eigenvalue weighted by atomic mass is 19.1. The zero-order valence-corrected chi connectivity index (χ0v) is 8.59. The first kappa shape index (κ1) is 11.0. The van der Waals surface area contributed by atoms with Gasteiger partial charge in [-0.05, 0) is 12.5 Å². The molecule has 0 aliphatic carbocycles. The Morgan fingerprint density at radius 1 is 1.36 bits per heavy atom. The van der Waals surface area contributed by atoms with Crippen LogP contribution in [0.4, 0.5) is 10.1 Å². The molecule has 3 heteroatoms. The normalized spacial score (nSPS) is 10.1. The van der Waals surface area contributed by atoms with Crippen molar-refractivity contribution in [2.75, 3.05) is 11.9 Å². The maximum Gasteiger partial charge on any atom is 0.214 e. The lowest BCUT2D eigenvalue weighted by molar-refractivity contribution is 0.584. The van der Waals surface area contributed by atoms with E-state index in [0.29, 0.717) is 0 Å². The maximum absolute atomic E-state index is 12.6. The zero-order valence-electron chi connectivity index (χ0n) is 8.59. The monoisotopic (exact) mass is 196 g/mol. The van der Waals surface area contributed by atoms with Crippen molar-refractivity contribution >= 4 is 5.69 Å². The van der Waals surface area contributed by atoms with Gasteiger partial charge in [-0.1, -0.05) is 26.2 Å². The molecule has 0 aliphatic heterocycles. The van der Waals surface area contributed by atoms with Gasteiger partial charge in [0.05, 0.1) is 0 Å². The van der Waals surface area contributed by atoms with Crippen molar-refractivity contribution in [3.05, 3.63) is 24.3 Å². The number of unbranched alkanes of at least 4 members (excludes halogenated alkanes) is 3. The molecular weight excluding hydrogens is 179 g/mol. The molecule has 0 saturated carbocycles. The van der Waals surface area contributed by atoms with Gasteiger partial charge in [-0.3, -0.25) is 0 Å². The van der Waals surface area contributed by atoms with Gasteiger partial charge in [-0.25, -0.2) is 4.98 Å². The third-order valence-corrected chi connectivity index (χ3v) is 2.09. The number of aromatic nitrogens is 1. The molecule has 1 N–H and O–H groups in total. The first-order chi connectivity index (χ1) is 6.83. The van der Waals surface area contributed by atoms with Crippen LogP contribution in [0.25, 0.3) is 0 Å². The van der Waals surface area contributed by atoms with Gasteiger partial charge < -0.3 is 5.32 Å². The molecule has 1 heterocycles. The number of nitrogens with zero attached hydrogens (tertiary/aromatic N) is 1. The molecule has 0 saturated heterocycles. The van der Waals surface area contributed by atoms with E-state index >= 15 is 0 Å². The molecule has 0 amide bonds. The van der Waals surface area contributed by atoms with E-state index in [4.69, 9.17) is 0 Å². The third kappa shape index (κ3) is 4.21. The van der Waals surface area contributed by atoms with Crippen molar-refractivity contribution in [1.82, 2.24) is 4.98 Å². The van der Waals surface area contributed by atoms with Crippen molar-refractivity contribution in [2.45, 2.75) is 32.6 Å². The molecule has 14 heavy (non-hydrogen) atoms. The summed E-state index contributed by atoms with van der Waals surface area (Å²) in [6.07, 6.45) is 6.36. The van der Waals surface area contributed by atoms with Gasteiger partial charge >= 0.3 is 0 Å². The second-order valence-corrected chi connectivity index (χ2v) is 3.35. The number of nitrogens with one attached hydrogen (secondary N) is 1. The van der Waals surface area contributed by atoms with Gasteiger partial charge in [-0.2, -0.15) is 4.39 Å². The van der Waals surface area contributed by atoms with Gasteiger partial charge in [-0.15, -0.1) is 0 Å². The number of anilines is 1. The molecular formula is C11H17FN2. The average molecular weight is 196 g/mol. The molecule has 0 unspecified atom stereocenters. The Morgan fingerprint density at radius 3 is 2.93 bits per heavy atom. The minimum absolute atomic E-state index is 0.427. The van der Waals surface area contributed by atoms with Crippen LogP contribution < -0.4 is 5.32 Å². The fraction of sp³-hybridized carbons (Fsp3) is 0.545. The Labute approximate surface area is 84.6 Å². The number of hydrogen-bond donors (Lipinski definition) is 1. The second kappa shape index (κ2) is 6.35. The predicted octanol–water partition coefficient (Wildman–Crippen LogP) is 3.21. The average Bonchev–Trinajstić information content (AvgIpc) is 2.18. The first-order valence-electron chi connectivity index (χ1n) is 5.18. The van der Waals surface area contributed by atoms with E-state index in [-0.39, 0.29) is 0 Å². The minimum Gasteiger partial charge on any atom is -0.385 e. The summed E-state index contributed by atoms with van der Waals surface area (Å²) in [4.78, 5) is 3.49. The molecule has 1 aromatic rings. The van der Waals surface area contributed by atoms with E-state index in [1.165, 1.54) is 31.5 Å². The third-order valence-electron chi connectivity index (χ3n) is 2.09. The number of hydrogen-bond acceptors (Lipinski definition) is 2. The molecule has 0 bridgehead atoms. The van der Waals surface area contributed by atoms with E-state index < -0.39 is 5.95 Å². The second-order valence-electron chi connectivity index (χ2n) is 3.35. The van der Waals surface area contributed by atoms with E-state index in [2.05, 4.69) is 17.2 Å². The fourth-order valence-electron chi connectivity index (χ4n) is 1.30. The molecule has 78 valence electrons. The smallest absolute Gasteiger partial charge is 0.214 e. The van der Waals surface area contributed by atoms with Crippen molar-refractivity contribution < 1.29 is 4.39 Å². The van der Waals surface area contributed by atoms with Gasteiger partial charge in [0.25, 0.3) is 0 Å². The summed E-state index contributed by atoms with van der Waals surface area (Å²) < 4.78 is 12.6. The summed E-state index contributed by atoms with van der Waals surface area (Å²) >= 11 is 0. The maximum atomic E-state index is 12.6. The zero-order chi connectivity index (χ0) is 10.2. The molecule has 2 nitrogen and oxygen atoms in total. The topological polar surface area (TPSA) is 24.9 Å². The van der Waals surface area contributed by atoms with Crippen molar-refractivity contribution in [3.63, 3.8) is 0 Å². The highest BCUT2D eigenvalue weighted by molar-refractivity contribution is 5.40. The lowest BCUT2D eigenvalue weighted by Crippen LogP contribution is -2.01. The quantitative estimate of drug-likeness (QED) is 0.558. The van der Waals surface area contributed by atoms with E-state index in [1.54, 1.807) is 6.07 Å². The van der Waals surface area contributed by atoms with Crippen LogP contribution in [-0.4, -0.2) is 11.5 Å². The van der Waals surface area contributed by atoms with Crippen LogP contribution in [0, 0.1) is 5.95 Å². The van der Waals surface area contributed by atoms with Crippen LogP contribution in [0.1, 0.15) is 32.6 Å². The highest BCUT2D eigenvalue weighted by Gasteiger charge is 1.94. The van der Waals surface area contributed by atoms with Crippen LogP contribution in [0.15, 0.2) is 18.3 Å². The Kier molecular flexibility index (Phi) is 4.97. The van der Waals surface area contributed by atoms with Crippen LogP contribution in [0.2, 0.25) is 0 Å². The predicted molar refractivity (Wildman–Crippen MR) is 56.8 cm³/mol. The standard InChI is InChI=1S/C11H17FN2/c1-2-3-4-5-7-13-10-6-8-14-11(12)9-10/h6,8-9H,2-5,7H2,1H3,(H,13,14). The van der Waals surface area contributed by atoms with Crippen LogP contribution in [-0.2, 0) is 0 Å². The molecule has 0 aromatic carbocycles. The lowest BCUT2D eigenvalue weighted by Gasteiger charge is -2.05. The van der Waals surface area contributed by atoms with Gasteiger partial charge in [0.1, 0.15) is 0 Å². The van der Waals surface area contributed by atoms with Crippen LogP contribution in [0.3, 0.4) is 0 Å². The summed E-state index contributed by atoms with van der Waals surface area (Å²) in [5, 5.41) is 3.16. The van der Waals surface area contributed by atoms with Gasteiger partial charge in [0.15, 0.2) is 0 Å². The van der Waals surface area contributed by atoms with Gasteiger partial charge in [0, 0.05) is 24.5 Å². The molecule has 0 spiro atoms. The summed E-state index contributed by atoms with van der Waals surface area (Å²) in [5.41, 5.74) is 0.814. The number of halogens is 1. The van der Waals surface area contributed by atoms with Crippen LogP contribution >= 0.6 is 0 Å². The van der Waals surface area contributed by atoms with Crippen molar-refractivity contribution in [3.8, 4) is 0 Å². The van der Waals surface area contributed by atoms with E-state index in [0.717, 1.165) is 18.7 Å². The molecule has 1 aromatic heterocycles. The molecule has 0 aliphatic rings. The van der Waals surface area contributed by atoms with Crippen molar-refractivity contribution in [1.29, 1.82) is 0 Å². The summed E-state index contributed by atoms with van der Waals surface area (Å²) in [7, 11) is 0. The SMILES string of the molecule is CCCCCCNc1ccnc(F)c1. The largest absolute Gasteiger partial charge is 0.385 e. The minimum atomic E-state index is -0.427. The van der Waals surface area contributed by atoms with E-state index in [1.807, 2.05) is 0 Å².